The van der Waals surface area contributed by atoms with Crippen LogP contribution >= 0.6 is 0 Å². The van der Waals surface area contributed by atoms with Gasteiger partial charge in [-0.25, -0.2) is 4.98 Å². The van der Waals surface area contributed by atoms with E-state index >= 15 is 0 Å². The maximum Gasteiger partial charge on any atom is 0.309 e. The van der Waals surface area contributed by atoms with Crippen LogP contribution in [0, 0.1) is 35.0 Å². The molecule has 66 heavy (non-hydrogen) atoms. The van der Waals surface area contributed by atoms with Crippen LogP contribution in [-0.2, 0) is 22.7 Å². The number of aliphatic carboxylic acids is 2. The fourth-order valence-electron chi connectivity index (χ4n) is 11.6. The van der Waals surface area contributed by atoms with Gasteiger partial charge in [0.1, 0.15) is 23.1 Å². The van der Waals surface area contributed by atoms with Crippen LogP contribution in [-0.4, -0.2) is 82.5 Å². The van der Waals surface area contributed by atoms with Crippen LogP contribution in [0.4, 0.5) is 11.4 Å². The summed E-state index contributed by atoms with van der Waals surface area (Å²) in [5, 5.41) is 42.1. The second-order valence-electron chi connectivity index (χ2n) is 19.1. The molecular weight excluding hydrogens is 833 g/mol. The van der Waals surface area contributed by atoms with Crippen molar-refractivity contribution in [3.8, 4) is 40.1 Å². The Kier molecular flexibility index (Phi) is 13.0. The van der Waals surface area contributed by atoms with Gasteiger partial charge in [-0.15, -0.1) is 0 Å². The van der Waals surface area contributed by atoms with E-state index in [4.69, 9.17) is 24.3 Å². The smallest absolute Gasteiger partial charge is 0.309 e. The normalized spacial score (nSPS) is 22.6. The van der Waals surface area contributed by atoms with Gasteiger partial charge in [-0.3, -0.25) is 19.4 Å². The van der Waals surface area contributed by atoms with Gasteiger partial charge in [0.15, 0.2) is 5.58 Å². The molecule has 0 saturated heterocycles. The summed E-state index contributed by atoms with van der Waals surface area (Å²) in [5.74, 6) is 0.0581. The maximum atomic E-state index is 12.1. The van der Waals surface area contributed by atoms with Crippen LogP contribution in [0.15, 0.2) is 65.1 Å². The number of hydrogen-bond donors (Lipinski definition) is 4. The molecule has 4 N–H and O–H groups in total. The molecule has 9 rings (SSSR count). The number of methoxy groups -OCH3 is 2. The van der Waals surface area contributed by atoms with Crippen LogP contribution in [0.1, 0.15) is 112 Å². The predicted octanol–water partition coefficient (Wildman–Crippen LogP) is 11.0. The zero-order valence-corrected chi connectivity index (χ0v) is 39.1. The lowest BCUT2D eigenvalue weighted by molar-refractivity contribution is -0.160. The van der Waals surface area contributed by atoms with Gasteiger partial charge in [-0.05, 0) is 138 Å². The van der Waals surface area contributed by atoms with Gasteiger partial charge in [0.2, 0.25) is 5.89 Å². The summed E-state index contributed by atoms with van der Waals surface area (Å²) in [6.45, 7) is 5.37. The second kappa shape index (κ2) is 18.6. The molecule has 13 heteroatoms. The number of nitriles is 1. The number of oxazole rings is 1. The van der Waals surface area contributed by atoms with Gasteiger partial charge >= 0.3 is 11.9 Å². The quantitative estimate of drug-likeness (QED) is 0.0649. The zero-order valence-electron chi connectivity index (χ0n) is 39.1. The van der Waals surface area contributed by atoms with E-state index in [1.807, 2.05) is 67.6 Å². The molecule has 4 saturated carbocycles. The molecule has 4 aliphatic carbocycles. The van der Waals surface area contributed by atoms with Gasteiger partial charge < -0.3 is 34.8 Å². The van der Waals surface area contributed by atoms with Crippen molar-refractivity contribution in [2.75, 3.05) is 33.6 Å². The van der Waals surface area contributed by atoms with Gasteiger partial charge in [0.25, 0.3) is 0 Å². The van der Waals surface area contributed by atoms with E-state index < -0.39 is 17.4 Å². The molecule has 0 aliphatic heterocycles. The van der Waals surface area contributed by atoms with Crippen molar-refractivity contribution in [2.24, 2.45) is 11.3 Å². The molecule has 346 valence electrons. The lowest BCUT2D eigenvalue weighted by atomic mass is 9.57. The first-order chi connectivity index (χ1) is 31.7. The van der Waals surface area contributed by atoms with Crippen molar-refractivity contribution in [1.29, 1.82) is 10.7 Å². The Morgan fingerprint density at radius 2 is 1.55 bits per heavy atom. The van der Waals surface area contributed by atoms with Crippen molar-refractivity contribution in [3.63, 3.8) is 0 Å². The summed E-state index contributed by atoms with van der Waals surface area (Å²) in [7, 11) is 7.53. The minimum atomic E-state index is -0.706. The lowest BCUT2D eigenvalue weighted by Crippen LogP contribution is -2.56. The van der Waals surface area contributed by atoms with E-state index in [0.29, 0.717) is 84.8 Å². The number of anilines is 2. The molecule has 1 aromatic heterocycles. The summed E-state index contributed by atoms with van der Waals surface area (Å²) in [5.41, 5.74) is 8.12. The average Bonchev–Trinajstić information content (AvgIpc) is 3.76. The van der Waals surface area contributed by atoms with E-state index in [1.54, 1.807) is 14.2 Å². The summed E-state index contributed by atoms with van der Waals surface area (Å²) in [6.07, 6.45) is 10.9. The largest absolute Gasteiger partial charge is 0.496 e. The van der Waals surface area contributed by atoms with E-state index in [0.717, 1.165) is 89.7 Å². The average molecular weight is 895 g/mol. The van der Waals surface area contributed by atoms with Crippen molar-refractivity contribution in [1.82, 2.24) is 14.8 Å². The number of ether oxygens (including phenoxy) is 2. The molecule has 13 nitrogen and oxygen atoms in total. The molecule has 0 amide bonds. The SMILES string of the molecule is CCCC1(N(C)Cc2c(OC)cc(Nc3cccc(-c4cccc(-c5nc6cc(CN(C)C78CCC(C(=O)O)(CC7)CC8)cc(C#N)c6o5)c4C)c3C=N)cc2OC)CCC(C(=O)O)CC1. The minimum Gasteiger partial charge on any atom is -0.496 e. The van der Waals surface area contributed by atoms with E-state index in [2.05, 4.69) is 42.2 Å². The number of benzene rings is 4. The van der Waals surface area contributed by atoms with Crippen molar-refractivity contribution in [3.05, 3.63) is 88.5 Å². The van der Waals surface area contributed by atoms with Crippen molar-refractivity contribution >= 4 is 40.6 Å². The van der Waals surface area contributed by atoms with Gasteiger partial charge in [-0.1, -0.05) is 37.6 Å². The molecule has 1 heterocycles. The van der Waals surface area contributed by atoms with Crippen LogP contribution in [0.5, 0.6) is 11.5 Å². The van der Waals surface area contributed by atoms with Gasteiger partial charge in [0.05, 0.1) is 36.7 Å². The number of nitrogens with zero attached hydrogens (tertiary/aromatic N) is 4. The fraction of sp³-hybridized carbons (Fsp3) is 0.453. The van der Waals surface area contributed by atoms with Crippen LogP contribution < -0.4 is 14.8 Å². The highest BCUT2D eigenvalue weighted by atomic mass is 16.5. The molecule has 0 atom stereocenters. The monoisotopic (exact) mass is 894 g/mol. The number of carbonyl (C=O) groups is 2. The van der Waals surface area contributed by atoms with Crippen molar-refractivity contribution in [2.45, 2.75) is 115 Å². The zero-order chi connectivity index (χ0) is 47.0. The number of aromatic nitrogens is 1. The molecule has 0 spiro atoms. The molecule has 2 bridgehead atoms. The standard InChI is InChI=1S/C53H62N6O7/c1-7-16-52(17-14-35(15-18-52)49(60)61)59(4)32-42-45(64-5)27-37(28-46(42)65-6)56-43-13-9-12-40(41(43)30-55)38-10-8-11-39(33(38)2)48-57-44-26-34(25-36(29-54)47(44)66-48)31-58(3)53-22-19-51(20-23-53,21-24-53)50(62)63/h8-13,25-28,30,35,55-56H,7,14-24,31-32H2,1-6H3,(H,60,61)(H,62,63). The first-order valence-corrected chi connectivity index (χ1v) is 23.2. The van der Waals surface area contributed by atoms with Crippen LogP contribution in [0.3, 0.4) is 0 Å². The highest BCUT2D eigenvalue weighted by molar-refractivity contribution is 5.98. The first kappa shape index (κ1) is 46.3. The Morgan fingerprint density at radius 3 is 2.14 bits per heavy atom. The molecule has 5 aromatic rings. The molecular formula is C53H62N6O7. The number of hydrogen-bond acceptors (Lipinski definition) is 11. The third-order valence-electron chi connectivity index (χ3n) is 15.7. The maximum absolute atomic E-state index is 12.1. The molecule has 4 aliphatic rings. The van der Waals surface area contributed by atoms with Crippen LogP contribution in [0.2, 0.25) is 0 Å². The van der Waals surface area contributed by atoms with Gasteiger partial charge in [0, 0.05) is 65.0 Å². The number of fused-ring (bicyclic) bond motifs is 4. The van der Waals surface area contributed by atoms with Crippen LogP contribution in [0.25, 0.3) is 33.7 Å². The minimum absolute atomic E-state index is 0.0553. The third-order valence-corrected chi connectivity index (χ3v) is 15.7. The third kappa shape index (κ3) is 8.41. The van der Waals surface area contributed by atoms with E-state index in [-0.39, 0.29) is 17.0 Å². The highest BCUT2D eigenvalue weighted by Gasteiger charge is 2.54. The van der Waals surface area contributed by atoms with E-state index in [9.17, 15) is 25.1 Å². The number of carboxylic acid groups (broad SMARTS) is 2. The molecule has 4 fully saturated rings. The van der Waals surface area contributed by atoms with Crippen molar-refractivity contribution < 1.29 is 33.7 Å². The lowest BCUT2D eigenvalue weighted by Gasteiger charge is -2.55. The molecule has 0 radical (unpaired) electrons. The number of rotatable bonds is 17. The second-order valence-corrected chi connectivity index (χ2v) is 19.1. The molecule has 0 unspecified atom stereocenters. The first-order valence-electron chi connectivity index (χ1n) is 23.2. The predicted molar refractivity (Wildman–Crippen MR) is 256 cm³/mol. The Morgan fingerprint density at radius 1 is 0.909 bits per heavy atom. The van der Waals surface area contributed by atoms with Gasteiger partial charge in [-0.2, -0.15) is 5.26 Å². The summed E-state index contributed by atoms with van der Waals surface area (Å²) >= 11 is 0. The topological polar surface area (TPSA) is 185 Å². The number of carboxylic acids is 2. The number of nitrogens with one attached hydrogen (secondary N) is 2. The molecule has 4 aromatic carbocycles. The Bertz CT molecular complexity index is 2660. The summed E-state index contributed by atoms with van der Waals surface area (Å²) < 4.78 is 18.4. The van der Waals surface area contributed by atoms with E-state index in [1.165, 1.54) is 6.21 Å². The summed E-state index contributed by atoms with van der Waals surface area (Å²) in [4.78, 5) is 33.5. The Hall–Kier alpha value is -6.23. The highest BCUT2D eigenvalue weighted by Crippen LogP contribution is 2.55. The Balaban J connectivity index is 1.05. The summed E-state index contributed by atoms with van der Waals surface area (Å²) in [6, 6.07) is 21.9. The Labute approximate surface area is 387 Å². The fourth-order valence-corrected chi connectivity index (χ4v) is 11.6.